The van der Waals surface area contributed by atoms with Crippen molar-refractivity contribution < 1.29 is 19.4 Å². The molecule has 2 atom stereocenters. The lowest BCUT2D eigenvalue weighted by atomic mass is 10.0. The first-order valence-corrected chi connectivity index (χ1v) is 7.18. The first-order valence-electron chi connectivity index (χ1n) is 7.18. The van der Waals surface area contributed by atoms with Crippen LogP contribution in [0.15, 0.2) is 0 Å². The number of likely N-dealkylation sites (tertiary alicyclic amines) is 1. The van der Waals surface area contributed by atoms with Crippen molar-refractivity contribution >= 4 is 12.1 Å². The van der Waals surface area contributed by atoms with Crippen LogP contribution in [-0.4, -0.2) is 54.4 Å². The van der Waals surface area contributed by atoms with Crippen LogP contribution >= 0.6 is 0 Å². The molecule has 0 aromatic rings. The number of carbonyl (C=O) groups is 2. The Morgan fingerprint density at radius 2 is 2.10 bits per heavy atom. The van der Waals surface area contributed by atoms with Gasteiger partial charge in [-0.1, -0.05) is 13.8 Å². The van der Waals surface area contributed by atoms with Gasteiger partial charge in [-0.15, -0.1) is 0 Å². The molecule has 0 aromatic carbocycles. The maximum atomic E-state index is 11.4. The molecule has 1 aliphatic carbocycles. The summed E-state index contributed by atoms with van der Waals surface area (Å²) in [5, 5.41) is 12.2. The molecule has 2 rings (SSSR count). The molecule has 1 saturated heterocycles. The van der Waals surface area contributed by atoms with Gasteiger partial charge in [-0.25, -0.2) is 4.79 Å². The summed E-state index contributed by atoms with van der Waals surface area (Å²) < 4.78 is 4.64. The van der Waals surface area contributed by atoms with Crippen molar-refractivity contribution in [2.45, 2.75) is 45.2 Å². The van der Waals surface area contributed by atoms with E-state index >= 15 is 0 Å². The number of alkyl carbamates (subject to hydrolysis) is 1. The van der Waals surface area contributed by atoms with Gasteiger partial charge >= 0.3 is 12.1 Å². The van der Waals surface area contributed by atoms with Gasteiger partial charge in [-0.05, 0) is 30.6 Å². The summed E-state index contributed by atoms with van der Waals surface area (Å²) in [6.07, 6.45) is 2.54. The maximum Gasteiger partial charge on any atom is 0.407 e. The van der Waals surface area contributed by atoms with Crippen LogP contribution in [0.25, 0.3) is 0 Å². The predicted octanol–water partition coefficient (Wildman–Crippen LogP) is 1.31. The van der Waals surface area contributed by atoms with Crippen LogP contribution in [0, 0.1) is 11.3 Å². The van der Waals surface area contributed by atoms with Crippen molar-refractivity contribution in [1.82, 2.24) is 10.2 Å². The van der Waals surface area contributed by atoms with E-state index in [0.717, 1.165) is 25.8 Å². The Kier molecular flexibility index (Phi) is 4.22. The van der Waals surface area contributed by atoms with E-state index in [1.807, 2.05) is 18.7 Å². The van der Waals surface area contributed by atoms with Gasteiger partial charge in [-0.2, -0.15) is 0 Å². The highest BCUT2D eigenvalue weighted by Crippen LogP contribution is 2.54. The summed E-state index contributed by atoms with van der Waals surface area (Å²) >= 11 is 0. The summed E-state index contributed by atoms with van der Waals surface area (Å²) in [5.41, 5.74) is 0.232. The number of methoxy groups -OCH3 is 1. The molecule has 20 heavy (non-hydrogen) atoms. The molecule has 1 saturated carbocycles. The van der Waals surface area contributed by atoms with Crippen molar-refractivity contribution in [2.75, 3.05) is 20.2 Å². The third kappa shape index (κ3) is 3.23. The number of nitrogens with one attached hydrogen (secondary N) is 1. The average Bonchev–Trinajstić information content (AvgIpc) is 3.02. The van der Waals surface area contributed by atoms with Gasteiger partial charge in [0.1, 0.15) is 6.04 Å². The van der Waals surface area contributed by atoms with E-state index < -0.39 is 18.1 Å². The highest BCUT2D eigenvalue weighted by atomic mass is 16.5. The van der Waals surface area contributed by atoms with Gasteiger partial charge in [0.05, 0.1) is 7.11 Å². The lowest BCUT2D eigenvalue weighted by Crippen LogP contribution is -2.49. The van der Waals surface area contributed by atoms with Crippen LogP contribution in [0.3, 0.4) is 0 Å². The number of nitrogens with zero attached hydrogens (tertiary/aromatic N) is 1. The van der Waals surface area contributed by atoms with Crippen LogP contribution in [0.2, 0.25) is 0 Å². The second-order valence-corrected chi connectivity index (χ2v) is 6.47. The average molecular weight is 284 g/mol. The molecule has 114 valence electrons. The summed E-state index contributed by atoms with van der Waals surface area (Å²) in [4.78, 5) is 24.8. The van der Waals surface area contributed by atoms with E-state index in [9.17, 15) is 14.7 Å². The summed E-state index contributed by atoms with van der Waals surface area (Å²) in [5.74, 6) is -0.534. The molecule has 0 aromatic heterocycles. The van der Waals surface area contributed by atoms with Crippen LogP contribution < -0.4 is 5.32 Å². The monoisotopic (exact) mass is 284 g/mol. The number of rotatable bonds is 5. The normalized spacial score (nSPS) is 25.7. The van der Waals surface area contributed by atoms with Gasteiger partial charge in [0, 0.05) is 19.1 Å². The molecular formula is C14H24N2O4. The van der Waals surface area contributed by atoms with Crippen molar-refractivity contribution in [3.63, 3.8) is 0 Å². The first-order chi connectivity index (χ1) is 9.37. The zero-order chi connectivity index (χ0) is 14.9. The van der Waals surface area contributed by atoms with E-state index in [1.54, 1.807) is 0 Å². The number of hydrogen-bond acceptors (Lipinski definition) is 4. The minimum atomic E-state index is -0.755. The molecule has 1 spiro atoms. The topological polar surface area (TPSA) is 78.9 Å². The molecule has 2 fully saturated rings. The molecule has 2 N–H and O–H groups in total. The molecule has 0 radical (unpaired) electrons. The fraction of sp³-hybridized carbons (Fsp3) is 0.857. The molecule has 6 heteroatoms. The summed E-state index contributed by atoms with van der Waals surface area (Å²) in [7, 11) is 1.34. The highest BCUT2D eigenvalue weighted by molar-refractivity contribution is 5.74. The second kappa shape index (κ2) is 5.60. The van der Waals surface area contributed by atoms with Crippen molar-refractivity contribution in [3.8, 4) is 0 Å². The highest BCUT2D eigenvalue weighted by Gasteiger charge is 2.54. The zero-order valence-electron chi connectivity index (χ0n) is 12.4. The molecule has 1 heterocycles. The van der Waals surface area contributed by atoms with E-state index in [1.165, 1.54) is 7.11 Å². The van der Waals surface area contributed by atoms with Gasteiger partial charge < -0.3 is 15.2 Å². The SMILES string of the molecule is COC(=O)N[C@H](CN1CC2(CC2)CC1C(=O)O)C(C)C. The smallest absolute Gasteiger partial charge is 0.407 e. The van der Waals surface area contributed by atoms with E-state index in [2.05, 4.69) is 10.1 Å². The van der Waals surface area contributed by atoms with Crippen molar-refractivity contribution in [3.05, 3.63) is 0 Å². The largest absolute Gasteiger partial charge is 0.480 e. The summed E-state index contributed by atoms with van der Waals surface area (Å²) in [6.45, 7) is 5.42. The first kappa shape index (κ1) is 15.1. The number of amides is 1. The Morgan fingerprint density at radius 1 is 1.45 bits per heavy atom. The fourth-order valence-corrected chi connectivity index (χ4v) is 3.01. The van der Waals surface area contributed by atoms with Gasteiger partial charge in [0.25, 0.3) is 0 Å². The van der Waals surface area contributed by atoms with Crippen LogP contribution in [0.4, 0.5) is 4.79 Å². The number of carboxylic acids is 1. The Balaban J connectivity index is 2.01. The maximum absolute atomic E-state index is 11.4. The van der Waals surface area contributed by atoms with E-state index in [-0.39, 0.29) is 17.4 Å². The molecule has 6 nitrogen and oxygen atoms in total. The lowest BCUT2D eigenvalue weighted by molar-refractivity contribution is -0.142. The molecule has 2 aliphatic rings. The number of ether oxygens (including phenoxy) is 1. The Morgan fingerprint density at radius 3 is 2.55 bits per heavy atom. The third-order valence-corrected chi connectivity index (χ3v) is 4.57. The number of hydrogen-bond donors (Lipinski definition) is 2. The lowest BCUT2D eigenvalue weighted by Gasteiger charge is -2.29. The van der Waals surface area contributed by atoms with E-state index in [4.69, 9.17) is 0 Å². The van der Waals surface area contributed by atoms with Gasteiger partial charge in [0.15, 0.2) is 0 Å². The molecule has 1 aliphatic heterocycles. The minimum Gasteiger partial charge on any atom is -0.480 e. The van der Waals surface area contributed by atoms with E-state index in [0.29, 0.717) is 6.54 Å². The number of carbonyl (C=O) groups excluding carboxylic acids is 1. The minimum absolute atomic E-state index is 0.0989. The van der Waals surface area contributed by atoms with Crippen molar-refractivity contribution in [1.29, 1.82) is 0 Å². The predicted molar refractivity (Wildman–Crippen MR) is 73.4 cm³/mol. The molecule has 1 unspecified atom stereocenters. The quantitative estimate of drug-likeness (QED) is 0.795. The van der Waals surface area contributed by atoms with Crippen molar-refractivity contribution in [2.24, 2.45) is 11.3 Å². The second-order valence-electron chi connectivity index (χ2n) is 6.47. The number of aliphatic carboxylic acids is 1. The molecule has 1 amide bonds. The van der Waals surface area contributed by atoms with Gasteiger partial charge in [0.2, 0.25) is 0 Å². The zero-order valence-corrected chi connectivity index (χ0v) is 12.4. The standard InChI is InChI=1S/C14H24N2O4/c1-9(2)10(15-13(19)20-3)7-16-8-14(4-5-14)6-11(16)12(17)18/h9-11H,4-8H2,1-3H3,(H,15,19)(H,17,18)/t10-,11?/m1/s1. The fourth-order valence-electron chi connectivity index (χ4n) is 3.01. The number of carboxylic acid groups (broad SMARTS) is 1. The molecule has 0 bridgehead atoms. The Bertz CT molecular complexity index is 393. The van der Waals surface area contributed by atoms with Crippen LogP contribution in [0.1, 0.15) is 33.1 Å². The van der Waals surface area contributed by atoms with Gasteiger partial charge in [-0.3, -0.25) is 9.69 Å². The van der Waals surface area contributed by atoms with Crippen LogP contribution in [0.5, 0.6) is 0 Å². The third-order valence-electron chi connectivity index (χ3n) is 4.57. The summed E-state index contributed by atoms with van der Waals surface area (Å²) in [6, 6.07) is -0.517. The van der Waals surface area contributed by atoms with Crippen LogP contribution in [-0.2, 0) is 9.53 Å². The Hall–Kier alpha value is -1.30. The Labute approximate surface area is 119 Å². The molecular weight excluding hydrogens is 260 g/mol.